The zero-order chi connectivity index (χ0) is 13.8. The van der Waals surface area contributed by atoms with Crippen LogP contribution in [-0.2, 0) is 9.59 Å². The summed E-state index contributed by atoms with van der Waals surface area (Å²) in [6.07, 6.45) is 2.53. The van der Waals surface area contributed by atoms with E-state index in [4.69, 9.17) is 27.4 Å². The second-order valence-corrected chi connectivity index (χ2v) is 3.61. The standard InChI is InChI=1S/C5H12N2O2.C5H11NO2/c6-3-1-2-4(7)5(8)9;1-2-3-4(6)5(7)8/h4H,1-3,6-7H2,(H,8,9);4H,2-3,6H2,1H3,(H,7,8)/t4-;/m1./s1. The average Bonchev–Trinajstić information content (AvgIpc) is 2.26. The Morgan fingerprint density at radius 2 is 1.47 bits per heavy atom. The fourth-order valence-corrected chi connectivity index (χ4v) is 0.896. The third kappa shape index (κ3) is 12.8. The molecule has 7 heteroatoms. The molecule has 0 saturated heterocycles. The summed E-state index contributed by atoms with van der Waals surface area (Å²) in [7, 11) is 0. The second-order valence-electron chi connectivity index (χ2n) is 3.61. The van der Waals surface area contributed by atoms with Crippen LogP contribution in [-0.4, -0.2) is 40.8 Å². The molecule has 0 saturated carbocycles. The molecule has 0 bridgehead atoms. The van der Waals surface area contributed by atoms with Gasteiger partial charge in [0.05, 0.1) is 0 Å². The highest BCUT2D eigenvalue weighted by Gasteiger charge is 2.09. The Kier molecular flexibility index (Phi) is 12.1. The molecule has 1 unspecified atom stereocenters. The van der Waals surface area contributed by atoms with Crippen molar-refractivity contribution in [3.63, 3.8) is 0 Å². The third-order valence-corrected chi connectivity index (χ3v) is 1.95. The topological polar surface area (TPSA) is 153 Å². The zero-order valence-electron chi connectivity index (χ0n) is 10.1. The van der Waals surface area contributed by atoms with Crippen LogP contribution in [0.5, 0.6) is 0 Å². The van der Waals surface area contributed by atoms with E-state index in [1.54, 1.807) is 0 Å². The van der Waals surface area contributed by atoms with Gasteiger partial charge in [0.2, 0.25) is 0 Å². The molecule has 0 rings (SSSR count). The van der Waals surface area contributed by atoms with Gasteiger partial charge in [-0.2, -0.15) is 0 Å². The van der Waals surface area contributed by atoms with Crippen LogP contribution in [0.25, 0.3) is 0 Å². The van der Waals surface area contributed by atoms with Gasteiger partial charge in [0.25, 0.3) is 0 Å². The van der Waals surface area contributed by atoms with Crippen molar-refractivity contribution in [3.8, 4) is 0 Å². The number of carbonyl (C=O) groups is 2. The molecule has 0 aromatic carbocycles. The molecule has 0 fully saturated rings. The molecule has 0 amide bonds. The van der Waals surface area contributed by atoms with E-state index in [0.29, 0.717) is 25.8 Å². The fourth-order valence-electron chi connectivity index (χ4n) is 0.896. The lowest BCUT2D eigenvalue weighted by atomic mass is 10.2. The van der Waals surface area contributed by atoms with Gasteiger partial charge in [0.1, 0.15) is 12.1 Å². The van der Waals surface area contributed by atoms with Gasteiger partial charge in [0.15, 0.2) is 0 Å². The van der Waals surface area contributed by atoms with Crippen molar-refractivity contribution in [3.05, 3.63) is 0 Å². The minimum absolute atomic E-state index is 0.464. The zero-order valence-corrected chi connectivity index (χ0v) is 10.1. The van der Waals surface area contributed by atoms with Crippen molar-refractivity contribution in [2.75, 3.05) is 6.54 Å². The minimum Gasteiger partial charge on any atom is -0.480 e. The molecule has 102 valence electrons. The molecular weight excluding hydrogens is 226 g/mol. The van der Waals surface area contributed by atoms with Crippen molar-refractivity contribution in [2.24, 2.45) is 17.2 Å². The van der Waals surface area contributed by atoms with Crippen LogP contribution >= 0.6 is 0 Å². The molecule has 0 spiro atoms. The van der Waals surface area contributed by atoms with Gasteiger partial charge in [-0.25, -0.2) is 0 Å². The average molecular weight is 249 g/mol. The largest absolute Gasteiger partial charge is 0.480 e. The van der Waals surface area contributed by atoms with Gasteiger partial charge >= 0.3 is 11.9 Å². The van der Waals surface area contributed by atoms with E-state index in [9.17, 15) is 9.59 Å². The van der Waals surface area contributed by atoms with E-state index < -0.39 is 24.0 Å². The predicted octanol–water partition coefficient (Wildman–Crippen LogP) is -0.664. The maximum Gasteiger partial charge on any atom is 0.320 e. The van der Waals surface area contributed by atoms with Crippen LogP contribution in [0.1, 0.15) is 32.6 Å². The van der Waals surface area contributed by atoms with E-state index in [-0.39, 0.29) is 0 Å². The van der Waals surface area contributed by atoms with Crippen LogP contribution in [0.15, 0.2) is 0 Å². The highest BCUT2D eigenvalue weighted by atomic mass is 16.4. The molecule has 0 aliphatic heterocycles. The number of rotatable bonds is 7. The first kappa shape index (κ1) is 18.2. The Morgan fingerprint density at radius 3 is 1.71 bits per heavy atom. The van der Waals surface area contributed by atoms with Crippen molar-refractivity contribution in [2.45, 2.75) is 44.7 Å². The number of carboxylic acids is 2. The number of aliphatic carboxylic acids is 2. The number of hydrogen-bond donors (Lipinski definition) is 5. The molecule has 0 aromatic rings. The maximum absolute atomic E-state index is 10.0. The normalized spacial score (nSPS) is 13.2. The van der Waals surface area contributed by atoms with Crippen molar-refractivity contribution in [1.29, 1.82) is 0 Å². The summed E-state index contributed by atoms with van der Waals surface area (Å²) in [5.74, 6) is -1.87. The Bertz CT molecular complexity index is 224. The van der Waals surface area contributed by atoms with Crippen LogP contribution in [0.4, 0.5) is 0 Å². The minimum atomic E-state index is -0.955. The molecule has 2 atom stereocenters. The Balaban J connectivity index is 0. The first-order valence-electron chi connectivity index (χ1n) is 5.53. The highest BCUT2D eigenvalue weighted by Crippen LogP contribution is 1.91. The summed E-state index contributed by atoms with van der Waals surface area (Å²) in [6.45, 7) is 2.41. The molecule has 0 aliphatic carbocycles. The molecule has 0 radical (unpaired) electrons. The molecule has 0 aromatic heterocycles. The Labute approximate surface area is 101 Å². The number of nitrogens with two attached hydrogens (primary N) is 3. The van der Waals surface area contributed by atoms with E-state index in [1.165, 1.54) is 0 Å². The van der Waals surface area contributed by atoms with E-state index >= 15 is 0 Å². The smallest absolute Gasteiger partial charge is 0.320 e. The van der Waals surface area contributed by atoms with E-state index in [2.05, 4.69) is 0 Å². The first-order chi connectivity index (χ1) is 7.86. The molecular formula is C10H23N3O4. The van der Waals surface area contributed by atoms with Crippen LogP contribution in [0, 0.1) is 0 Å². The first-order valence-corrected chi connectivity index (χ1v) is 5.53. The van der Waals surface area contributed by atoms with Crippen LogP contribution in [0.3, 0.4) is 0 Å². The predicted molar refractivity (Wildman–Crippen MR) is 64.4 cm³/mol. The summed E-state index contributed by atoms with van der Waals surface area (Å²) in [6, 6.07) is -1.41. The van der Waals surface area contributed by atoms with Crippen LogP contribution < -0.4 is 17.2 Å². The van der Waals surface area contributed by atoms with Crippen molar-refractivity contribution in [1.82, 2.24) is 0 Å². The summed E-state index contributed by atoms with van der Waals surface area (Å²) < 4.78 is 0. The van der Waals surface area contributed by atoms with Gasteiger partial charge in [-0.3, -0.25) is 9.59 Å². The second kappa shape index (κ2) is 11.3. The van der Waals surface area contributed by atoms with Gasteiger partial charge in [-0.1, -0.05) is 13.3 Å². The van der Waals surface area contributed by atoms with Crippen molar-refractivity contribution < 1.29 is 19.8 Å². The maximum atomic E-state index is 10.0. The highest BCUT2D eigenvalue weighted by molar-refractivity contribution is 5.73. The SMILES string of the molecule is CCCC(N)C(=O)O.NCCC[C@@H](N)C(=O)O. The summed E-state index contributed by atoms with van der Waals surface area (Å²) in [5.41, 5.74) is 15.4. The lowest BCUT2D eigenvalue weighted by Gasteiger charge is -2.02. The molecule has 7 nitrogen and oxygen atoms in total. The van der Waals surface area contributed by atoms with Crippen molar-refractivity contribution >= 4 is 11.9 Å². The third-order valence-electron chi connectivity index (χ3n) is 1.95. The monoisotopic (exact) mass is 249 g/mol. The van der Waals surface area contributed by atoms with Gasteiger partial charge < -0.3 is 27.4 Å². The molecule has 17 heavy (non-hydrogen) atoms. The van der Waals surface area contributed by atoms with Gasteiger partial charge in [-0.15, -0.1) is 0 Å². The Morgan fingerprint density at radius 1 is 1.06 bits per heavy atom. The lowest BCUT2D eigenvalue weighted by molar-refractivity contribution is -0.139. The number of carboxylic acid groups (broad SMARTS) is 2. The van der Waals surface area contributed by atoms with Crippen LogP contribution in [0.2, 0.25) is 0 Å². The van der Waals surface area contributed by atoms with Gasteiger partial charge in [0, 0.05) is 0 Å². The lowest BCUT2D eigenvalue weighted by Crippen LogP contribution is -2.30. The molecule has 8 N–H and O–H groups in total. The summed E-state index contributed by atoms with van der Waals surface area (Å²) >= 11 is 0. The van der Waals surface area contributed by atoms with Gasteiger partial charge in [-0.05, 0) is 25.8 Å². The molecule has 0 aliphatic rings. The summed E-state index contributed by atoms with van der Waals surface area (Å²) in [5, 5.41) is 16.4. The fraction of sp³-hybridized carbons (Fsp3) is 0.800. The van der Waals surface area contributed by atoms with E-state index in [1.807, 2.05) is 6.92 Å². The summed E-state index contributed by atoms with van der Waals surface area (Å²) in [4.78, 5) is 20.0. The Hall–Kier alpha value is -1.18. The quantitative estimate of drug-likeness (QED) is 0.401. The van der Waals surface area contributed by atoms with E-state index in [0.717, 1.165) is 6.42 Å². The molecule has 0 heterocycles. The number of hydrogen-bond acceptors (Lipinski definition) is 5.